The maximum atomic E-state index is 12.7. The molecule has 156 valence electrons. The fourth-order valence-electron chi connectivity index (χ4n) is 4.36. The first-order chi connectivity index (χ1) is 14.7. The highest BCUT2D eigenvalue weighted by molar-refractivity contribution is 7.12. The molecule has 0 saturated carbocycles. The first kappa shape index (κ1) is 19.2. The number of nitrogens with zero attached hydrogens (tertiary/aromatic N) is 5. The number of aromatic nitrogens is 3. The second-order valence-electron chi connectivity index (χ2n) is 8.04. The van der Waals surface area contributed by atoms with E-state index in [1.807, 2.05) is 41.6 Å². The molecule has 2 saturated heterocycles. The number of hydrogen-bond donors (Lipinski definition) is 0. The number of amides is 1. The maximum Gasteiger partial charge on any atom is 0.263 e. The van der Waals surface area contributed by atoms with E-state index >= 15 is 0 Å². The van der Waals surface area contributed by atoms with Crippen molar-refractivity contribution in [3.05, 3.63) is 46.0 Å². The van der Waals surface area contributed by atoms with Crippen molar-refractivity contribution in [2.24, 2.45) is 0 Å². The Morgan fingerprint density at radius 3 is 2.67 bits per heavy atom. The molecule has 7 nitrogen and oxygen atoms in total. The number of carbonyl (C=O) groups is 1. The molecule has 30 heavy (non-hydrogen) atoms. The van der Waals surface area contributed by atoms with Crippen LogP contribution in [0.15, 0.2) is 34.3 Å². The van der Waals surface area contributed by atoms with E-state index in [4.69, 9.17) is 9.51 Å². The van der Waals surface area contributed by atoms with Gasteiger partial charge in [-0.15, -0.1) is 11.3 Å². The molecule has 0 N–H and O–H groups in total. The van der Waals surface area contributed by atoms with Gasteiger partial charge >= 0.3 is 0 Å². The molecule has 3 aromatic heterocycles. The molecule has 0 spiro atoms. The number of carbonyl (C=O) groups excluding carboxylic acids is 1. The van der Waals surface area contributed by atoms with E-state index < -0.39 is 0 Å². The summed E-state index contributed by atoms with van der Waals surface area (Å²) in [5, 5.41) is 6.00. The SMILES string of the molecule is Cc1cc(-c2cnc(N3CCCC3)nc2C2CCN(C(=O)c3cccs3)CC2)on1. The molecule has 0 aliphatic carbocycles. The zero-order valence-corrected chi connectivity index (χ0v) is 17.9. The van der Waals surface area contributed by atoms with Gasteiger partial charge in [0.25, 0.3) is 5.91 Å². The Balaban J connectivity index is 1.40. The lowest BCUT2D eigenvalue weighted by Crippen LogP contribution is -2.38. The van der Waals surface area contributed by atoms with Gasteiger partial charge in [-0.1, -0.05) is 11.2 Å². The van der Waals surface area contributed by atoms with Gasteiger partial charge in [0, 0.05) is 44.4 Å². The minimum atomic E-state index is 0.134. The van der Waals surface area contributed by atoms with Gasteiger partial charge in [0.1, 0.15) is 0 Å². The third-order valence-corrected chi connectivity index (χ3v) is 6.85. The summed E-state index contributed by atoms with van der Waals surface area (Å²) in [4.78, 5) is 27.4. The highest BCUT2D eigenvalue weighted by atomic mass is 32.1. The van der Waals surface area contributed by atoms with Crippen LogP contribution < -0.4 is 4.90 Å². The van der Waals surface area contributed by atoms with Crippen LogP contribution in [-0.4, -0.2) is 52.1 Å². The summed E-state index contributed by atoms with van der Waals surface area (Å²) in [7, 11) is 0. The van der Waals surface area contributed by atoms with Crippen molar-refractivity contribution in [2.45, 2.75) is 38.5 Å². The van der Waals surface area contributed by atoms with Gasteiger partial charge in [0.05, 0.1) is 21.8 Å². The lowest BCUT2D eigenvalue weighted by molar-refractivity contribution is 0.0717. The molecule has 5 heterocycles. The minimum absolute atomic E-state index is 0.134. The van der Waals surface area contributed by atoms with Crippen molar-refractivity contribution in [1.29, 1.82) is 0 Å². The molecule has 0 atom stereocenters. The second-order valence-corrected chi connectivity index (χ2v) is 8.99. The van der Waals surface area contributed by atoms with Crippen LogP contribution in [0, 0.1) is 6.92 Å². The topological polar surface area (TPSA) is 75.4 Å². The highest BCUT2D eigenvalue weighted by Gasteiger charge is 2.29. The van der Waals surface area contributed by atoms with E-state index in [2.05, 4.69) is 15.0 Å². The van der Waals surface area contributed by atoms with Crippen molar-refractivity contribution in [1.82, 2.24) is 20.0 Å². The van der Waals surface area contributed by atoms with E-state index in [1.165, 1.54) is 24.2 Å². The number of rotatable bonds is 4. The van der Waals surface area contributed by atoms with Crippen LogP contribution in [0.1, 0.15) is 52.7 Å². The molecule has 2 fully saturated rings. The zero-order chi connectivity index (χ0) is 20.5. The number of aryl methyl sites for hydroxylation is 1. The lowest BCUT2D eigenvalue weighted by atomic mass is 9.90. The fraction of sp³-hybridized carbons (Fsp3) is 0.455. The number of hydrogen-bond acceptors (Lipinski definition) is 7. The van der Waals surface area contributed by atoms with Gasteiger partial charge in [-0.05, 0) is 44.1 Å². The molecule has 1 amide bonds. The number of thiophene rings is 1. The van der Waals surface area contributed by atoms with Crippen LogP contribution in [0.25, 0.3) is 11.3 Å². The number of likely N-dealkylation sites (tertiary alicyclic amines) is 1. The van der Waals surface area contributed by atoms with E-state index in [0.717, 1.165) is 66.8 Å². The second kappa shape index (κ2) is 8.18. The molecule has 0 bridgehead atoms. The molecule has 0 unspecified atom stereocenters. The lowest BCUT2D eigenvalue weighted by Gasteiger charge is -2.32. The van der Waals surface area contributed by atoms with Gasteiger partial charge in [0.2, 0.25) is 5.95 Å². The summed E-state index contributed by atoms with van der Waals surface area (Å²) < 4.78 is 5.55. The van der Waals surface area contributed by atoms with Crippen LogP contribution in [-0.2, 0) is 0 Å². The van der Waals surface area contributed by atoms with Gasteiger partial charge in [0.15, 0.2) is 5.76 Å². The third kappa shape index (κ3) is 3.71. The Hall–Kier alpha value is -2.74. The molecule has 2 aliphatic heterocycles. The van der Waals surface area contributed by atoms with Crippen LogP contribution in [0.5, 0.6) is 0 Å². The Morgan fingerprint density at radius 2 is 2.00 bits per heavy atom. The van der Waals surface area contributed by atoms with Gasteiger partial charge < -0.3 is 14.3 Å². The van der Waals surface area contributed by atoms with Crippen molar-refractivity contribution in [2.75, 3.05) is 31.1 Å². The molecular weight excluding hydrogens is 398 g/mol. The van der Waals surface area contributed by atoms with Crippen LogP contribution in [0.3, 0.4) is 0 Å². The predicted octanol–water partition coefficient (Wildman–Crippen LogP) is 4.12. The average molecular weight is 424 g/mol. The van der Waals surface area contributed by atoms with Crippen LogP contribution >= 0.6 is 11.3 Å². The standard InChI is InChI=1S/C22H25N5O2S/c1-15-13-18(29-25-15)17-14-23-22(27-8-2-3-9-27)24-20(17)16-6-10-26(11-7-16)21(28)19-5-4-12-30-19/h4-5,12-14,16H,2-3,6-11H2,1H3. The molecule has 3 aromatic rings. The van der Waals surface area contributed by atoms with Crippen LogP contribution in [0.4, 0.5) is 5.95 Å². The quantitative estimate of drug-likeness (QED) is 0.628. The molecule has 5 rings (SSSR count). The Kier molecular flexibility index (Phi) is 5.25. The number of piperidine rings is 1. The Morgan fingerprint density at radius 1 is 1.20 bits per heavy atom. The Labute approximate surface area is 179 Å². The first-order valence-corrected chi connectivity index (χ1v) is 11.5. The van der Waals surface area contributed by atoms with Crippen molar-refractivity contribution < 1.29 is 9.32 Å². The van der Waals surface area contributed by atoms with Crippen LogP contribution in [0.2, 0.25) is 0 Å². The summed E-state index contributed by atoms with van der Waals surface area (Å²) in [6, 6.07) is 5.76. The largest absolute Gasteiger partial charge is 0.356 e. The van der Waals surface area contributed by atoms with Gasteiger partial charge in [-0.25, -0.2) is 9.97 Å². The molecule has 8 heteroatoms. The third-order valence-electron chi connectivity index (χ3n) is 5.99. The number of anilines is 1. The summed E-state index contributed by atoms with van der Waals surface area (Å²) in [6.45, 7) is 5.40. The zero-order valence-electron chi connectivity index (χ0n) is 17.1. The monoisotopic (exact) mass is 423 g/mol. The summed E-state index contributed by atoms with van der Waals surface area (Å²) in [5.74, 6) is 1.92. The smallest absolute Gasteiger partial charge is 0.263 e. The average Bonchev–Trinajstić information content (AvgIpc) is 3.56. The fourth-order valence-corrected chi connectivity index (χ4v) is 5.05. The highest BCUT2D eigenvalue weighted by Crippen LogP contribution is 2.36. The summed E-state index contributed by atoms with van der Waals surface area (Å²) in [5.41, 5.74) is 2.78. The van der Waals surface area contributed by atoms with E-state index in [-0.39, 0.29) is 11.8 Å². The van der Waals surface area contributed by atoms with E-state index in [9.17, 15) is 4.79 Å². The normalized spacial score (nSPS) is 17.6. The van der Waals surface area contributed by atoms with Gasteiger partial charge in [-0.2, -0.15) is 0 Å². The molecular formula is C22H25N5O2S. The summed E-state index contributed by atoms with van der Waals surface area (Å²) in [6.07, 6.45) is 6.02. The van der Waals surface area contributed by atoms with E-state index in [0.29, 0.717) is 5.76 Å². The van der Waals surface area contributed by atoms with Crippen molar-refractivity contribution in [3.63, 3.8) is 0 Å². The minimum Gasteiger partial charge on any atom is -0.356 e. The van der Waals surface area contributed by atoms with E-state index in [1.54, 1.807) is 0 Å². The summed E-state index contributed by atoms with van der Waals surface area (Å²) >= 11 is 1.50. The Bertz CT molecular complexity index is 1020. The molecule has 0 radical (unpaired) electrons. The first-order valence-electron chi connectivity index (χ1n) is 10.6. The van der Waals surface area contributed by atoms with Crippen molar-refractivity contribution in [3.8, 4) is 11.3 Å². The predicted molar refractivity (Wildman–Crippen MR) is 116 cm³/mol. The van der Waals surface area contributed by atoms with Crippen molar-refractivity contribution >= 4 is 23.2 Å². The van der Waals surface area contributed by atoms with Gasteiger partial charge in [-0.3, -0.25) is 4.79 Å². The molecule has 2 aliphatic rings. The molecule has 0 aromatic carbocycles. The maximum absolute atomic E-state index is 12.7.